The lowest BCUT2D eigenvalue weighted by atomic mass is 9.95. The minimum absolute atomic E-state index is 0.187. The first-order chi connectivity index (χ1) is 18.4. The van der Waals surface area contributed by atoms with Gasteiger partial charge in [0.05, 0.1) is 24.4 Å². The van der Waals surface area contributed by atoms with E-state index in [2.05, 4.69) is 43.9 Å². The molecule has 0 bridgehead atoms. The highest BCUT2D eigenvalue weighted by atomic mass is 32.2. The van der Waals surface area contributed by atoms with Gasteiger partial charge in [-0.25, -0.2) is 4.39 Å². The number of hydrazone groups is 1. The third-order valence-electron chi connectivity index (χ3n) is 5.65. The van der Waals surface area contributed by atoms with Crippen molar-refractivity contribution >= 4 is 22.8 Å². The Kier molecular flexibility index (Phi) is 9.85. The Morgan fingerprint density at radius 2 is 1.97 bits per heavy atom. The van der Waals surface area contributed by atoms with Crippen molar-refractivity contribution in [1.82, 2.24) is 25.9 Å². The molecule has 1 aliphatic heterocycles. The summed E-state index contributed by atoms with van der Waals surface area (Å²) in [5.74, 6) is 1.37. The number of rotatable bonds is 6. The second-order valence-corrected chi connectivity index (χ2v) is 9.32. The van der Waals surface area contributed by atoms with Crippen LogP contribution < -0.4 is 15.5 Å². The number of pyridine rings is 1. The monoisotopic (exact) mass is 538 g/mol. The number of nitrogens with zero attached hydrogens (tertiary/aromatic N) is 4. The Morgan fingerprint density at radius 1 is 1.24 bits per heavy atom. The third-order valence-corrected chi connectivity index (χ3v) is 6.81. The van der Waals surface area contributed by atoms with Gasteiger partial charge in [0.15, 0.2) is 5.17 Å². The largest absolute Gasteiger partial charge is 0.494 e. The second-order valence-electron chi connectivity index (χ2n) is 8.19. The number of hydrogen-bond acceptors (Lipinski definition) is 9. The average Bonchev–Trinajstić information content (AvgIpc) is 3.55. The first-order valence-electron chi connectivity index (χ1n) is 12.2. The maximum atomic E-state index is 14.1. The molecule has 2 aromatic heterocycles. The molecule has 5 rings (SSSR count). The van der Waals surface area contributed by atoms with Gasteiger partial charge in [-0.1, -0.05) is 25.6 Å². The van der Waals surface area contributed by atoms with E-state index in [1.54, 1.807) is 31.2 Å². The van der Waals surface area contributed by atoms with E-state index >= 15 is 0 Å². The Balaban J connectivity index is 0.000000956. The number of amidine groups is 1. The van der Waals surface area contributed by atoms with Crippen LogP contribution in [0.2, 0.25) is 0 Å². The number of aromatic nitrogens is 3. The normalized spacial score (nSPS) is 16.5. The molecule has 200 valence electrons. The van der Waals surface area contributed by atoms with Crippen LogP contribution in [0.5, 0.6) is 5.75 Å². The highest BCUT2D eigenvalue weighted by Gasteiger charge is 2.36. The zero-order valence-electron chi connectivity index (χ0n) is 22.0. The van der Waals surface area contributed by atoms with Crippen LogP contribution in [-0.2, 0) is 0 Å². The van der Waals surface area contributed by atoms with Crippen molar-refractivity contribution < 1.29 is 18.3 Å². The summed E-state index contributed by atoms with van der Waals surface area (Å²) in [6.45, 7) is 7.10. The Morgan fingerprint density at radius 3 is 2.58 bits per heavy atom. The number of nitrogens with one attached hydrogen (secondary N) is 2. The number of alkyl halides is 1. The summed E-state index contributed by atoms with van der Waals surface area (Å²) in [6, 6.07) is 6.74. The maximum Gasteiger partial charge on any atom is 0.257 e. The summed E-state index contributed by atoms with van der Waals surface area (Å²) in [6.07, 6.45) is 10.5. The minimum Gasteiger partial charge on any atom is -0.494 e. The molecule has 11 heteroatoms. The highest BCUT2D eigenvalue weighted by molar-refractivity contribution is 8.14. The lowest BCUT2D eigenvalue weighted by Gasteiger charge is -2.15. The number of carbonyl (C=O) groups excluding carboxylic acids is 1. The van der Waals surface area contributed by atoms with E-state index in [0.29, 0.717) is 50.9 Å². The lowest BCUT2D eigenvalue weighted by Crippen LogP contribution is -2.28. The van der Waals surface area contributed by atoms with Crippen LogP contribution in [-0.4, -0.2) is 38.7 Å². The van der Waals surface area contributed by atoms with E-state index in [1.807, 2.05) is 13.8 Å². The van der Waals surface area contributed by atoms with Gasteiger partial charge in [0.25, 0.3) is 5.91 Å². The maximum absolute atomic E-state index is 14.1. The van der Waals surface area contributed by atoms with E-state index in [9.17, 15) is 9.18 Å². The number of carbonyl (C=O) groups is 1. The summed E-state index contributed by atoms with van der Waals surface area (Å²) in [5.41, 5.74) is 5.33. The van der Waals surface area contributed by atoms with Gasteiger partial charge in [0.1, 0.15) is 11.9 Å². The number of benzene rings is 1. The predicted octanol–water partition coefficient (Wildman–Crippen LogP) is 5.50. The SMILES string of the molecule is C#C.CC.COc1cnc(C(C)F)cc1-c1cc(-c2nnc(C)o2)ccc1C(=O)NC1=NNC(C2CC2)S1. The molecule has 1 amide bonds. The van der Waals surface area contributed by atoms with E-state index in [1.165, 1.54) is 44.8 Å². The number of hydrogen-bond donors (Lipinski definition) is 2. The fourth-order valence-electron chi connectivity index (χ4n) is 3.68. The minimum atomic E-state index is -1.29. The van der Waals surface area contributed by atoms with Crippen LogP contribution in [0, 0.1) is 25.7 Å². The molecule has 2 atom stereocenters. The van der Waals surface area contributed by atoms with Crippen LogP contribution in [0.15, 0.2) is 40.0 Å². The number of amides is 1. The van der Waals surface area contributed by atoms with Crippen molar-refractivity contribution in [2.24, 2.45) is 11.0 Å². The van der Waals surface area contributed by atoms with Crippen molar-refractivity contribution in [2.45, 2.75) is 52.1 Å². The van der Waals surface area contributed by atoms with E-state index in [4.69, 9.17) is 9.15 Å². The predicted molar refractivity (Wildman–Crippen MR) is 147 cm³/mol. The van der Waals surface area contributed by atoms with Crippen LogP contribution in [0.4, 0.5) is 4.39 Å². The number of methoxy groups -OCH3 is 1. The molecule has 1 saturated carbocycles. The summed E-state index contributed by atoms with van der Waals surface area (Å²) in [4.78, 5) is 17.5. The molecule has 1 aromatic carbocycles. The molecule has 0 radical (unpaired) electrons. The average molecular weight is 539 g/mol. The molecule has 9 nitrogen and oxygen atoms in total. The van der Waals surface area contributed by atoms with E-state index < -0.39 is 6.17 Å². The van der Waals surface area contributed by atoms with E-state index in [0.717, 1.165) is 0 Å². The van der Waals surface area contributed by atoms with Gasteiger partial charge in [-0.2, -0.15) is 5.10 Å². The number of terminal acetylenes is 1. The van der Waals surface area contributed by atoms with E-state index in [-0.39, 0.29) is 17.0 Å². The van der Waals surface area contributed by atoms with Crippen molar-refractivity contribution in [3.63, 3.8) is 0 Å². The van der Waals surface area contributed by atoms with Crippen LogP contribution in [0.3, 0.4) is 0 Å². The molecule has 3 heterocycles. The summed E-state index contributed by atoms with van der Waals surface area (Å²) in [7, 11) is 1.50. The van der Waals surface area contributed by atoms with Gasteiger partial charge in [-0.05, 0) is 55.5 Å². The van der Waals surface area contributed by atoms with Crippen molar-refractivity contribution in [3.8, 4) is 41.2 Å². The Labute approximate surface area is 226 Å². The van der Waals surface area contributed by atoms with Gasteiger partial charge < -0.3 is 9.15 Å². The fourth-order valence-corrected chi connectivity index (χ4v) is 4.75. The first kappa shape index (κ1) is 28.7. The molecular weight excluding hydrogens is 507 g/mol. The molecular formula is C27H31FN6O3S. The third kappa shape index (κ3) is 6.50. The molecule has 2 unspecified atom stereocenters. The summed E-state index contributed by atoms with van der Waals surface area (Å²) >= 11 is 1.51. The molecule has 2 N–H and O–H groups in total. The lowest BCUT2D eigenvalue weighted by molar-refractivity contribution is 0.0978. The highest BCUT2D eigenvalue weighted by Crippen LogP contribution is 2.40. The molecule has 1 aliphatic carbocycles. The van der Waals surface area contributed by atoms with Crippen LogP contribution >= 0.6 is 11.8 Å². The molecule has 2 aliphatic rings. The van der Waals surface area contributed by atoms with Crippen molar-refractivity contribution in [1.29, 1.82) is 0 Å². The topological polar surface area (TPSA) is 115 Å². The summed E-state index contributed by atoms with van der Waals surface area (Å²) < 4.78 is 25.2. The molecule has 3 aromatic rings. The number of thioether (sulfide) groups is 1. The number of aryl methyl sites for hydroxylation is 1. The fraction of sp³-hybridized carbons (Fsp3) is 0.370. The number of halogens is 1. The smallest absolute Gasteiger partial charge is 0.257 e. The Hall–Kier alpha value is -3.91. The Bertz CT molecular complexity index is 1320. The molecule has 1 fully saturated rings. The van der Waals surface area contributed by atoms with Gasteiger partial charge >= 0.3 is 0 Å². The van der Waals surface area contributed by atoms with Gasteiger partial charge in [0, 0.05) is 23.6 Å². The van der Waals surface area contributed by atoms with Gasteiger partial charge in [-0.3, -0.25) is 20.5 Å². The number of ether oxygens (including phenoxy) is 1. The molecule has 0 spiro atoms. The zero-order valence-corrected chi connectivity index (χ0v) is 22.8. The first-order valence-corrected chi connectivity index (χ1v) is 13.1. The zero-order chi connectivity index (χ0) is 27.8. The quantitative estimate of drug-likeness (QED) is 0.396. The van der Waals surface area contributed by atoms with Crippen molar-refractivity contribution in [3.05, 3.63) is 47.6 Å². The van der Waals surface area contributed by atoms with Gasteiger partial charge in [-0.15, -0.1) is 23.0 Å². The molecule has 0 saturated heterocycles. The van der Waals surface area contributed by atoms with Crippen LogP contribution in [0.1, 0.15) is 61.7 Å². The summed E-state index contributed by atoms with van der Waals surface area (Å²) in [5, 5.41) is 15.8. The molecule has 38 heavy (non-hydrogen) atoms. The van der Waals surface area contributed by atoms with Gasteiger partial charge in [0.2, 0.25) is 11.8 Å². The second kappa shape index (κ2) is 13.1. The standard InChI is InChI=1S/C23H23FN6O3S.C2H6.C2H2/c1-11(24)18-9-17(19(32-3)10-25-18)16-8-14(21-28-27-12(2)33-21)6-7-15(16)20(31)26-23-30-29-22(34-23)13-4-5-13;2*1-2/h6-11,13,22,29H,4-5H2,1-3H3,(H,26,30,31);1-2H3;1-2H. The van der Waals surface area contributed by atoms with Crippen molar-refractivity contribution in [2.75, 3.05) is 7.11 Å². The van der Waals surface area contributed by atoms with Crippen LogP contribution in [0.25, 0.3) is 22.6 Å².